The van der Waals surface area contributed by atoms with Gasteiger partial charge in [0.2, 0.25) is 10.0 Å². The number of hydrogen-bond acceptors (Lipinski definition) is 3. The Morgan fingerprint density at radius 1 is 1.27 bits per heavy atom. The lowest BCUT2D eigenvalue weighted by Gasteiger charge is -2.33. The van der Waals surface area contributed by atoms with Crippen LogP contribution in [0.4, 0.5) is 13.2 Å². The van der Waals surface area contributed by atoms with E-state index in [4.69, 9.17) is 0 Å². The van der Waals surface area contributed by atoms with Crippen molar-refractivity contribution in [3.05, 3.63) is 29.8 Å². The van der Waals surface area contributed by atoms with Crippen molar-refractivity contribution >= 4 is 10.0 Å². The maximum atomic E-state index is 12.7. The average Bonchev–Trinajstić information content (AvgIpc) is 2.47. The molecule has 4 nitrogen and oxygen atoms in total. The lowest BCUT2D eigenvalue weighted by Crippen LogP contribution is -2.51. The summed E-state index contributed by atoms with van der Waals surface area (Å²) in [4.78, 5) is 0.00942. The fourth-order valence-electron chi connectivity index (χ4n) is 2.31. The molecule has 0 radical (unpaired) electrons. The van der Waals surface area contributed by atoms with Gasteiger partial charge < -0.3 is 4.74 Å². The normalized spacial score (nSPS) is 21.0. The lowest BCUT2D eigenvalue weighted by atomic mass is 10.1. The Morgan fingerprint density at radius 2 is 1.91 bits per heavy atom. The van der Waals surface area contributed by atoms with Gasteiger partial charge in [-0.15, -0.1) is 0 Å². The van der Waals surface area contributed by atoms with Crippen LogP contribution in [0.3, 0.4) is 0 Å². The van der Waals surface area contributed by atoms with Gasteiger partial charge in [0.25, 0.3) is 0 Å². The SMILES string of the molecule is CCCc1ccc(S(=O)(=O)N2CCOC(C(F)(F)F)C2)cc1. The van der Waals surface area contributed by atoms with Crippen molar-refractivity contribution in [2.24, 2.45) is 0 Å². The van der Waals surface area contributed by atoms with Crippen LogP contribution < -0.4 is 0 Å². The van der Waals surface area contributed by atoms with Crippen molar-refractivity contribution in [3.8, 4) is 0 Å². The first-order valence-electron chi connectivity index (χ1n) is 7.02. The number of sulfonamides is 1. The zero-order chi connectivity index (χ0) is 16.4. The number of morpholine rings is 1. The molecule has 0 saturated carbocycles. The Morgan fingerprint density at radius 3 is 2.45 bits per heavy atom. The third-order valence-corrected chi connectivity index (χ3v) is 5.37. The lowest BCUT2D eigenvalue weighted by molar-refractivity contribution is -0.231. The first kappa shape index (κ1) is 17.2. The third-order valence-electron chi connectivity index (χ3n) is 3.49. The smallest absolute Gasteiger partial charge is 0.366 e. The summed E-state index contributed by atoms with van der Waals surface area (Å²) in [6.07, 6.45) is -4.88. The molecule has 1 heterocycles. The van der Waals surface area contributed by atoms with Gasteiger partial charge in [-0.25, -0.2) is 8.42 Å². The Kier molecular flexibility index (Phi) is 5.14. The van der Waals surface area contributed by atoms with Crippen molar-refractivity contribution in [1.29, 1.82) is 0 Å². The highest BCUT2D eigenvalue weighted by molar-refractivity contribution is 7.89. The molecule has 0 spiro atoms. The van der Waals surface area contributed by atoms with Gasteiger partial charge >= 0.3 is 6.18 Å². The van der Waals surface area contributed by atoms with Gasteiger partial charge in [-0.05, 0) is 24.1 Å². The summed E-state index contributed by atoms with van der Waals surface area (Å²) >= 11 is 0. The molecule has 1 aromatic rings. The van der Waals surface area contributed by atoms with Crippen LogP contribution in [0.2, 0.25) is 0 Å². The van der Waals surface area contributed by atoms with Crippen LogP contribution in [-0.2, 0) is 21.2 Å². The summed E-state index contributed by atoms with van der Waals surface area (Å²) < 4.78 is 68.4. The minimum atomic E-state index is -4.57. The molecule has 1 unspecified atom stereocenters. The van der Waals surface area contributed by atoms with E-state index in [1.165, 1.54) is 12.1 Å². The fourth-order valence-corrected chi connectivity index (χ4v) is 3.73. The van der Waals surface area contributed by atoms with Crippen molar-refractivity contribution in [3.63, 3.8) is 0 Å². The molecule has 1 saturated heterocycles. The maximum absolute atomic E-state index is 12.7. The highest BCUT2D eigenvalue weighted by atomic mass is 32.2. The van der Waals surface area contributed by atoms with Crippen LogP contribution in [0, 0.1) is 0 Å². The molecule has 1 aliphatic rings. The molecule has 22 heavy (non-hydrogen) atoms. The van der Waals surface area contributed by atoms with Crippen LogP contribution in [-0.4, -0.2) is 44.7 Å². The van der Waals surface area contributed by atoms with Gasteiger partial charge in [0, 0.05) is 13.1 Å². The van der Waals surface area contributed by atoms with Crippen LogP contribution >= 0.6 is 0 Å². The number of halogens is 3. The van der Waals surface area contributed by atoms with Crippen molar-refractivity contribution in [1.82, 2.24) is 4.31 Å². The van der Waals surface area contributed by atoms with Crippen LogP contribution in [0.15, 0.2) is 29.2 Å². The molecule has 124 valence electrons. The molecule has 0 bridgehead atoms. The van der Waals surface area contributed by atoms with E-state index in [1.54, 1.807) is 12.1 Å². The highest BCUT2D eigenvalue weighted by Gasteiger charge is 2.45. The summed E-state index contributed by atoms with van der Waals surface area (Å²) in [5.41, 5.74) is 0.997. The number of benzene rings is 1. The molecule has 1 aliphatic heterocycles. The molecule has 0 N–H and O–H groups in total. The standard InChI is InChI=1S/C14H18F3NO3S/c1-2-3-11-4-6-12(7-5-11)22(19,20)18-8-9-21-13(10-18)14(15,16)17/h4-7,13H,2-3,8-10H2,1H3. The number of alkyl halides is 3. The van der Waals surface area contributed by atoms with Gasteiger partial charge in [0.05, 0.1) is 11.5 Å². The summed E-state index contributed by atoms with van der Waals surface area (Å²) in [5.74, 6) is 0. The first-order valence-corrected chi connectivity index (χ1v) is 8.46. The van der Waals surface area contributed by atoms with Gasteiger partial charge in [-0.2, -0.15) is 17.5 Å². The van der Waals surface area contributed by atoms with Crippen molar-refractivity contribution < 1.29 is 26.3 Å². The molecule has 2 rings (SSSR count). The van der Waals surface area contributed by atoms with Gasteiger partial charge in [0.15, 0.2) is 6.10 Å². The zero-order valence-electron chi connectivity index (χ0n) is 12.1. The highest BCUT2D eigenvalue weighted by Crippen LogP contribution is 2.28. The molecule has 0 amide bonds. The summed E-state index contributed by atoms with van der Waals surface area (Å²) in [6, 6.07) is 6.27. The second-order valence-corrected chi connectivity index (χ2v) is 7.10. The number of rotatable bonds is 4. The van der Waals surface area contributed by atoms with E-state index in [9.17, 15) is 21.6 Å². The van der Waals surface area contributed by atoms with Crippen molar-refractivity contribution in [2.45, 2.75) is 36.9 Å². The Labute approximate surface area is 127 Å². The predicted octanol–water partition coefficient (Wildman–Crippen LogP) is 2.59. The summed E-state index contributed by atoms with van der Waals surface area (Å²) in [7, 11) is -3.93. The van der Waals surface area contributed by atoms with Gasteiger partial charge in [-0.1, -0.05) is 25.5 Å². The number of aryl methyl sites for hydroxylation is 1. The number of hydrogen-bond donors (Lipinski definition) is 0. The van der Waals surface area contributed by atoms with E-state index in [2.05, 4.69) is 4.74 Å². The van der Waals surface area contributed by atoms with Crippen LogP contribution in [0.1, 0.15) is 18.9 Å². The molecule has 8 heteroatoms. The second-order valence-electron chi connectivity index (χ2n) is 5.16. The maximum Gasteiger partial charge on any atom is 0.415 e. The van der Waals surface area contributed by atoms with Gasteiger partial charge in [-0.3, -0.25) is 0 Å². The topological polar surface area (TPSA) is 46.6 Å². The molecule has 1 aromatic carbocycles. The van der Waals surface area contributed by atoms with E-state index < -0.39 is 28.8 Å². The average molecular weight is 337 g/mol. The molecule has 0 aromatic heterocycles. The molecule has 1 fully saturated rings. The Hall–Kier alpha value is -1.12. The summed E-state index contributed by atoms with van der Waals surface area (Å²) in [5, 5.41) is 0. The van der Waals surface area contributed by atoms with Crippen LogP contribution in [0.5, 0.6) is 0 Å². The zero-order valence-corrected chi connectivity index (χ0v) is 13.0. The number of ether oxygens (including phenoxy) is 1. The minimum absolute atomic E-state index is 0.00942. The molecule has 1 atom stereocenters. The Balaban J connectivity index is 2.18. The second kappa shape index (κ2) is 6.55. The van der Waals surface area contributed by atoms with Crippen molar-refractivity contribution in [2.75, 3.05) is 19.7 Å². The largest absolute Gasteiger partial charge is 0.415 e. The van der Waals surface area contributed by atoms with E-state index in [0.717, 1.165) is 22.7 Å². The fraction of sp³-hybridized carbons (Fsp3) is 0.571. The van der Waals surface area contributed by atoms with E-state index in [1.807, 2.05) is 6.92 Å². The van der Waals surface area contributed by atoms with E-state index in [0.29, 0.717) is 0 Å². The summed E-state index contributed by atoms with van der Waals surface area (Å²) in [6.45, 7) is 0.959. The predicted molar refractivity (Wildman–Crippen MR) is 75.0 cm³/mol. The van der Waals surface area contributed by atoms with Crippen LogP contribution in [0.25, 0.3) is 0 Å². The molecule has 0 aliphatic carbocycles. The van der Waals surface area contributed by atoms with E-state index >= 15 is 0 Å². The molecular formula is C14H18F3NO3S. The Bertz CT molecular complexity index is 599. The number of nitrogens with zero attached hydrogens (tertiary/aromatic N) is 1. The molecular weight excluding hydrogens is 319 g/mol. The quantitative estimate of drug-likeness (QED) is 0.848. The third kappa shape index (κ3) is 3.80. The monoisotopic (exact) mass is 337 g/mol. The minimum Gasteiger partial charge on any atom is -0.366 e. The first-order chi connectivity index (χ1) is 10.2. The van der Waals surface area contributed by atoms with E-state index in [-0.39, 0.29) is 18.0 Å². The van der Waals surface area contributed by atoms with Gasteiger partial charge in [0.1, 0.15) is 0 Å².